The van der Waals surface area contributed by atoms with Crippen molar-refractivity contribution in [2.24, 2.45) is 0 Å². The van der Waals surface area contributed by atoms with E-state index in [1.807, 2.05) is 0 Å². The van der Waals surface area contributed by atoms with Gasteiger partial charge in [0.15, 0.2) is 0 Å². The Kier molecular flexibility index (Phi) is 8.07. The SMILES string of the molecule is [2H]c1c([2H])c([2H])c2c(c1[2H])c([C@H]1CCNC1)c([2H])n2C(=O)CCCCCCC/C=C\C=C/CCCCC. The number of carbonyl (C=O) groups is 1. The van der Waals surface area contributed by atoms with Crippen LogP contribution in [-0.4, -0.2) is 23.6 Å². The Hall–Kier alpha value is -2.13. The summed E-state index contributed by atoms with van der Waals surface area (Å²) >= 11 is 0. The maximum absolute atomic E-state index is 13.2. The molecule has 174 valence electrons. The lowest BCUT2D eigenvalue weighted by atomic mass is 9.98. The lowest BCUT2D eigenvalue weighted by Gasteiger charge is -2.06. The highest BCUT2D eigenvalue weighted by atomic mass is 16.2. The van der Waals surface area contributed by atoms with Gasteiger partial charge in [-0.2, -0.15) is 0 Å². The maximum atomic E-state index is 13.2. The highest BCUT2D eigenvalue weighted by Gasteiger charge is 2.22. The summed E-state index contributed by atoms with van der Waals surface area (Å²) in [6.45, 7) is 3.66. The Morgan fingerprint density at radius 1 is 1.06 bits per heavy atom. The van der Waals surface area contributed by atoms with Crippen LogP contribution in [0.1, 0.15) is 107 Å². The molecule has 0 bridgehead atoms. The molecule has 1 N–H and O–H groups in total. The smallest absolute Gasteiger partial charge is 0.231 e. The molecule has 1 aliphatic heterocycles. The summed E-state index contributed by atoms with van der Waals surface area (Å²) in [6.07, 6.45) is 20.7. The zero-order valence-electron chi connectivity index (χ0n) is 24.6. The van der Waals surface area contributed by atoms with Crippen LogP contribution < -0.4 is 5.32 Å². The summed E-state index contributed by atoms with van der Waals surface area (Å²) in [7, 11) is 0. The number of rotatable bonds is 14. The molecule has 2 aromatic rings. The highest BCUT2D eigenvalue weighted by Crippen LogP contribution is 2.31. The van der Waals surface area contributed by atoms with Crippen LogP contribution in [0.4, 0.5) is 0 Å². The average Bonchev–Trinajstić information content (AvgIpc) is 3.52. The summed E-state index contributed by atoms with van der Waals surface area (Å²) in [4.78, 5) is 13.2. The third-order valence-electron chi connectivity index (χ3n) is 6.23. The van der Waals surface area contributed by atoms with Crippen molar-refractivity contribution in [1.29, 1.82) is 0 Å². The van der Waals surface area contributed by atoms with Crippen LogP contribution in [0.2, 0.25) is 0 Å². The summed E-state index contributed by atoms with van der Waals surface area (Å²) in [5, 5.41) is 3.60. The molecule has 1 aromatic carbocycles. The number of nitrogens with one attached hydrogen (secondary N) is 1. The zero-order valence-corrected chi connectivity index (χ0v) is 19.6. The fourth-order valence-corrected chi connectivity index (χ4v) is 4.33. The fraction of sp³-hybridized carbons (Fsp3) is 0.552. The monoisotopic (exact) mass is 439 g/mol. The molecule has 3 rings (SSSR count). The summed E-state index contributed by atoms with van der Waals surface area (Å²) in [5.74, 6) is -0.292. The highest BCUT2D eigenvalue weighted by molar-refractivity contribution is 5.94. The van der Waals surface area contributed by atoms with Crippen LogP contribution in [0.25, 0.3) is 10.9 Å². The Morgan fingerprint density at radius 2 is 1.78 bits per heavy atom. The molecule has 0 spiro atoms. The van der Waals surface area contributed by atoms with Crippen LogP contribution in [0, 0.1) is 0 Å². The second-order valence-electron chi connectivity index (χ2n) is 8.83. The first-order valence-electron chi connectivity index (χ1n) is 15.1. The number of unbranched alkanes of at least 4 members (excludes halogenated alkanes) is 8. The van der Waals surface area contributed by atoms with E-state index in [1.54, 1.807) is 0 Å². The first-order chi connectivity index (χ1) is 17.9. The van der Waals surface area contributed by atoms with E-state index in [2.05, 4.69) is 36.5 Å². The minimum absolute atomic E-state index is 0.0203. The lowest BCUT2D eigenvalue weighted by molar-refractivity contribution is 0.0904. The summed E-state index contributed by atoms with van der Waals surface area (Å²) in [6, 6.07) is -1.06. The van der Waals surface area contributed by atoms with E-state index < -0.39 is 0 Å². The molecule has 1 atom stereocenters. The first kappa shape index (κ1) is 18.3. The normalized spacial score (nSPS) is 18.9. The van der Waals surface area contributed by atoms with Crippen LogP contribution in [0.5, 0.6) is 0 Å². The van der Waals surface area contributed by atoms with Gasteiger partial charge in [-0.05, 0) is 62.6 Å². The molecule has 1 aliphatic rings. The van der Waals surface area contributed by atoms with Crippen molar-refractivity contribution in [2.45, 2.75) is 89.9 Å². The standard InChI is InChI=1S/C29H42N2O/c1-2-3-4-5-6-7-8-9-10-11-12-13-14-15-20-29(32)31-24-27(25-21-22-30-23-25)26-18-16-17-19-28(26)31/h6-9,16-19,24-25,30H,2-5,10-15,20-23H2,1H3/b7-6-,9-8-/t25-/m0/s1/i16D,17D,18D,19D,24D. The van der Waals surface area contributed by atoms with Crippen LogP contribution in [0.15, 0.2) is 54.6 Å². The van der Waals surface area contributed by atoms with Gasteiger partial charge >= 0.3 is 0 Å². The van der Waals surface area contributed by atoms with Crippen molar-refractivity contribution in [3.8, 4) is 0 Å². The molecule has 0 radical (unpaired) electrons. The van der Waals surface area contributed by atoms with Crippen molar-refractivity contribution in [3.63, 3.8) is 0 Å². The number of allylic oxidation sites excluding steroid dienone is 4. The van der Waals surface area contributed by atoms with Gasteiger partial charge in [0, 0.05) is 24.5 Å². The number of hydrogen-bond acceptors (Lipinski definition) is 2. The molecule has 0 amide bonds. The van der Waals surface area contributed by atoms with E-state index >= 15 is 0 Å². The molecule has 3 nitrogen and oxygen atoms in total. The Balaban J connectivity index is 1.55. The predicted octanol–water partition coefficient (Wildman–Crippen LogP) is 7.78. The number of carbonyl (C=O) groups excluding carboxylic acids is 1. The maximum Gasteiger partial charge on any atom is 0.231 e. The van der Waals surface area contributed by atoms with Gasteiger partial charge in [-0.25, -0.2) is 0 Å². The predicted molar refractivity (Wildman–Crippen MR) is 138 cm³/mol. The molecular formula is C29H42N2O. The van der Waals surface area contributed by atoms with E-state index in [0.29, 0.717) is 23.9 Å². The number of aromatic nitrogens is 1. The molecular weight excluding hydrogens is 392 g/mol. The van der Waals surface area contributed by atoms with Gasteiger partial charge < -0.3 is 5.32 Å². The van der Waals surface area contributed by atoms with Crippen molar-refractivity contribution < 1.29 is 11.6 Å². The number of nitrogens with zero attached hydrogens (tertiary/aromatic N) is 1. The first-order valence-corrected chi connectivity index (χ1v) is 12.6. The minimum Gasteiger partial charge on any atom is -0.316 e. The van der Waals surface area contributed by atoms with E-state index in [-0.39, 0.29) is 54.1 Å². The van der Waals surface area contributed by atoms with Gasteiger partial charge in [0.25, 0.3) is 0 Å². The molecule has 1 saturated heterocycles. The Bertz CT molecular complexity index is 1120. The van der Waals surface area contributed by atoms with Crippen LogP contribution >= 0.6 is 0 Å². The third kappa shape index (κ3) is 7.48. The van der Waals surface area contributed by atoms with Gasteiger partial charge in [0.05, 0.1) is 12.4 Å². The van der Waals surface area contributed by atoms with E-state index in [1.165, 1.54) is 23.8 Å². The number of hydrogen-bond donors (Lipinski definition) is 1. The Morgan fingerprint density at radius 3 is 2.53 bits per heavy atom. The fourth-order valence-electron chi connectivity index (χ4n) is 4.33. The molecule has 0 saturated carbocycles. The van der Waals surface area contributed by atoms with Crippen molar-refractivity contribution in [3.05, 3.63) is 60.2 Å². The summed E-state index contributed by atoms with van der Waals surface area (Å²) in [5.41, 5.74) is 0.735. The van der Waals surface area contributed by atoms with Crippen LogP contribution in [0.3, 0.4) is 0 Å². The molecule has 1 fully saturated rings. The molecule has 0 aliphatic carbocycles. The van der Waals surface area contributed by atoms with Crippen molar-refractivity contribution in [1.82, 2.24) is 9.88 Å². The number of para-hydroxylation sites is 1. The third-order valence-corrected chi connectivity index (χ3v) is 6.23. The van der Waals surface area contributed by atoms with Gasteiger partial charge in [0.1, 0.15) is 0 Å². The minimum atomic E-state index is -0.360. The van der Waals surface area contributed by atoms with Gasteiger partial charge in [0.2, 0.25) is 5.91 Å². The van der Waals surface area contributed by atoms with E-state index in [4.69, 9.17) is 6.85 Å². The largest absolute Gasteiger partial charge is 0.316 e. The molecule has 32 heavy (non-hydrogen) atoms. The van der Waals surface area contributed by atoms with E-state index in [0.717, 1.165) is 51.5 Å². The van der Waals surface area contributed by atoms with Crippen LogP contribution in [-0.2, 0) is 0 Å². The molecule has 1 aromatic heterocycles. The van der Waals surface area contributed by atoms with Crippen molar-refractivity contribution >= 4 is 16.8 Å². The second-order valence-corrected chi connectivity index (χ2v) is 8.83. The quantitative estimate of drug-likeness (QED) is 0.241. The average molecular weight is 440 g/mol. The zero-order chi connectivity index (χ0) is 26.8. The van der Waals surface area contributed by atoms with E-state index in [9.17, 15) is 4.79 Å². The van der Waals surface area contributed by atoms with Crippen molar-refractivity contribution in [2.75, 3.05) is 13.1 Å². The topological polar surface area (TPSA) is 34.0 Å². The van der Waals surface area contributed by atoms with Gasteiger partial charge in [-0.3, -0.25) is 9.36 Å². The lowest BCUT2D eigenvalue weighted by Crippen LogP contribution is -2.09. The molecule has 2 heterocycles. The van der Waals surface area contributed by atoms with Gasteiger partial charge in [-0.1, -0.05) is 81.5 Å². The second kappa shape index (κ2) is 14.1. The number of benzene rings is 1. The summed E-state index contributed by atoms with van der Waals surface area (Å²) < 4.78 is 43.2. The molecule has 3 heteroatoms. The Labute approximate surface area is 202 Å². The molecule has 0 unspecified atom stereocenters. The number of fused-ring (bicyclic) bond motifs is 1. The van der Waals surface area contributed by atoms with Gasteiger partial charge in [-0.15, -0.1) is 0 Å².